The number of hydrogen-bond acceptors (Lipinski definition) is 1. The molecule has 2 heteroatoms. The molecule has 0 spiro atoms. The number of carbonyl (C=O) groups excluding carboxylic acids is 1. The summed E-state index contributed by atoms with van der Waals surface area (Å²) in [6.45, 7) is 8.49. The fraction of sp³-hybridized carbons (Fsp3) is 0.364. The summed E-state index contributed by atoms with van der Waals surface area (Å²) in [5, 5.41) is 2.76. The second kappa shape index (κ2) is 4.08. The Morgan fingerprint density at radius 3 is 3.00 bits per heavy atom. The maximum Gasteiger partial charge on any atom is 0.251 e. The highest BCUT2D eigenvalue weighted by atomic mass is 16.1. The topological polar surface area (TPSA) is 29.1 Å². The summed E-state index contributed by atoms with van der Waals surface area (Å²) >= 11 is 0. The van der Waals surface area contributed by atoms with E-state index in [1.165, 1.54) is 0 Å². The molecule has 2 nitrogen and oxygen atoms in total. The van der Waals surface area contributed by atoms with Crippen LogP contribution in [0.4, 0.5) is 0 Å². The van der Waals surface area contributed by atoms with Crippen molar-refractivity contribution in [1.82, 2.24) is 5.32 Å². The van der Waals surface area contributed by atoms with E-state index in [0.717, 1.165) is 5.57 Å². The second-order valence-corrected chi connectivity index (χ2v) is 3.14. The monoisotopic (exact) mass is 177 g/mol. The zero-order valence-corrected chi connectivity index (χ0v) is 8.13. The molecule has 0 heterocycles. The van der Waals surface area contributed by atoms with Gasteiger partial charge in [-0.05, 0) is 24.5 Å². The van der Waals surface area contributed by atoms with Gasteiger partial charge in [-0.3, -0.25) is 4.79 Å². The molecule has 1 aliphatic rings. The van der Waals surface area contributed by atoms with Crippen molar-refractivity contribution in [1.29, 1.82) is 0 Å². The molecule has 1 amide bonds. The first-order valence-electron chi connectivity index (χ1n) is 4.52. The molecule has 0 aliphatic heterocycles. The van der Waals surface area contributed by atoms with Crippen LogP contribution in [0.25, 0.3) is 0 Å². The third-order valence-corrected chi connectivity index (χ3v) is 2.14. The second-order valence-electron chi connectivity index (χ2n) is 3.14. The van der Waals surface area contributed by atoms with E-state index in [4.69, 9.17) is 0 Å². The van der Waals surface area contributed by atoms with E-state index in [9.17, 15) is 4.79 Å². The molecule has 0 aromatic rings. The van der Waals surface area contributed by atoms with Crippen LogP contribution in [0.2, 0.25) is 0 Å². The van der Waals surface area contributed by atoms with Crippen LogP contribution < -0.4 is 5.32 Å². The zero-order chi connectivity index (χ0) is 9.84. The fourth-order valence-electron chi connectivity index (χ4n) is 1.26. The minimum Gasteiger partial charge on any atom is -0.352 e. The van der Waals surface area contributed by atoms with Gasteiger partial charge in [-0.15, -0.1) is 0 Å². The lowest BCUT2D eigenvalue weighted by molar-refractivity contribution is -0.117. The molecule has 1 N–H and O–H groups in total. The van der Waals surface area contributed by atoms with Crippen molar-refractivity contribution >= 4 is 5.91 Å². The predicted octanol–water partition coefficient (Wildman–Crippen LogP) is 1.81. The maximum atomic E-state index is 11.5. The summed E-state index contributed by atoms with van der Waals surface area (Å²) in [7, 11) is 0. The average molecular weight is 177 g/mol. The van der Waals surface area contributed by atoms with Gasteiger partial charge in [0, 0.05) is 12.1 Å². The van der Waals surface area contributed by atoms with E-state index in [2.05, 4.69) is 11.9 Å². The number of rotatable bonds is 2. The number of allylic oxidation sites excluding steroid dienone is 3. The zero-order valence-electron chi connectivity index (χ0n) is 8.13. The molecule has 0 saturated carbocycles. The van der Waals surface area contributed by atoms with Crippen LogP contribution >= 0.6 is 0 Å². The van der Waals surface area contributed by atoms with Crippen molar-refractivity contribution in [2.24, 2.45) is 5.92 Å². The first kappa shape index (κ1) is 9.78. The number of carbonyl (C=O) groups is 1. The van der Waals surface area contributed by atoms with Crippen molar-refractivity contribution in [3.05, 3.63) is 36.0 Å². The van der Waals surface area contributed by atoms with Gasteiger partial charge in [0.1, 0.15) is 0 Å². The molecule has 0 fully saturated rings. The summed E-state index contributed by atoms with van der Waals surface area (Å²) in [5.74, 6) is 0.242. The van der Waals surface area contributed by atoms with Gasteiger partial charge in [-0.2, -0.15) is 0 Å². The first-order valence-corrected chi connectivity index (χ1v) is 4.52. The third-order valence-electron chi connectivity index (χ3n) is 2.14. The summed E-state index contributed by atoms with van der Waals surface area (Å²) in [6, 6.07) is 0. The Morgan fingerprint density at radius 1 is 1.69 bits per heavy atom. The molecule has 1 rings (SSSR count). The number of amides is 1. The van der Waals surface area contributed by atoms with Crippen molar-refractivity contribution in [3.63, 3.8) is 0 Å². The summed E-state index contributed by atoms with van der Waals surface area (Å²) in [6.07, 6.45) is 5.75. The van der Waals surface area contributed by atoms with E-state index >= 15 is 0 Å². The van der Waals surface area contributed by atoms with Crippen LogP contribution in [0.3, 0.4) is 0 Å². The predicted molar refractivity (Wildman–Crippen MR) is 54.2 cm³/mol. The highest BCUT2D eigenvalue weighted by Gasteiger charge is 2.17. The molecule has 0 saturated heterocycles. The Balaban J connectivity index is 2.79. The van der Waals surface area contributed by atoms with Gasteiger partial charge >= 0.3 is 0 Å². The number of hydrogen-bond donors (Lipinski definition) is 1. The van der Waals surface area contributed by atoms with E-state index in [1.54, 1.807) is 0 Å². The molecule has 1 unspecified atom stereocenters. The third kappa shape index (κ3) is 2.08. The SMILES string of the molecule is C=C1C(C(=O)NCC)=CC=CC1C. The van der Waals surface area contributed by atoms with Crippen LogP contribution in [0.5, 0.6) is 0 Å². The minimum atomic E-state index is -0.0244. The molecule has 0 radical (unpaired) electrons. The Labute approximate surface area is 79.0 Å². The van der Waals surface area contributed by atoms with Crippen molar-refractivity contribution in [2.45, 2.75) is 13.8 Å². The molecule has 1 aliphatic carbocycles. The van der Waals surface area contributed by atoms with E-state index < -0.39 is 0 Å². The van der Waals surface area contributed by atoms with Gasteiger partial charge < -0.3 is 5.32 Å². The number of nitrogens with one attached hydrogen (secondary N) is 1. The molecule has 0 aromatic carbocycles. The van der Waals surface area contributed by atoms with E-state index in [0.29, 0.717) is 12.1 Å². The summed E-state index contributed by atoms with van der Waals surface area (Å²) in [5.41, 5.74) is 1.60. The van der Waals surface area contributed by atoms with Crippen molar-refractivity contribution in [3.8, 4) is 0 Å². The van der Waals surface area contributed by atoms with Crippen LogP contribution in [-0.2, 0) is 4.79 Å². The fourth-order valence-corrected chi connectivity index (χ4v) is 1.26. The van der Waals surface area contributed by atoms with E-state index in [-0.39, 0.29) is 11.8 Å². The van der Waals surface area contributed by atoms with Crippen molar-refractivity contribution < 1.29 is 4.79 Å². The lowest BCUT2D eigenvalue weighted by atomic mass is 9.90. The van der Waals surface area contributed by atoms with Gasteiger partial charge in [0.25, 0.3) is 5.91 Å². The lowest BCUT2D eigenvalue weighted by Crippen LogP contribution is -2.26. The average Bonchev–Trinajstić information content (AvgIpc) is 2.10. The molecule has 0 aromatic heterocycles. The Kier molecular flexibility index (Phi) is 3.07. The van der Waals surface area contributed by atoms with Gasteiger partial charge in [-0.1, -0.05) is 25.7 Å². The smallest absolute Gasteiger partial charge is 0.251 e. The van der Waals surface area contributed by atoms with Gasteiger partial charge in [-0.25, -0.2) is 0 Å². The Morgan fingerprint density at radius 2 is 2.38 bits per heavy atom. The molecular formula is C11H15NO. The van der Waals surface area contributed by atoms with Crippen molar-refractivity contribution in [2.75, 3.05) is 6.54 Å². The van der Waals surface area contributed by atoms with Gasteiger partial charge in [0.2, 0.25) is 0 Å². The molecule has 13 heavy (non-hydrogen) atoms. The maximum absolute atomic E-state index is 11.5. The normalized spacial score (nSPS) is 21.2. The largest absolute Gasteiger partial charge is 0.352 e. The lowest BCUT2D eigenvalue weighted by Gasteiger charge is -2.17. The number of likely N-dealkylation sites (N-methyl/N-ethyl adjacent to an activating group) is 1. The van der Waals surface area contributed by atoms with Crippen LogP contribution in [0.1, 0.15) is 13.8 Å². The van der Waals surface area contributed by atoms with Crippen LogP contribution in [0, 0.1) is 5.92 Å². The first-order chi connectivity index (χ1) is 6.16. The molecule has 1 atom stereocenters. The highest BCUT2D eigenvalue weighted by Crippen LogP contribution is 2.23. The Bertz CT molecular complexity index is 286. The molecule has 70 valence electrons. The van der Waals surface area contributed by atoms with Crippen LogP contribution in [0.15, 0.2) is 36.0 Å². The highest BCUT2D eigenvalue weighted by molar-refractivity contribution is 5.98. The molecule has 0 bridgehead atoms. The standard InChI is InChI=1S/C11H15NO/c1-4-12-11(13)10-7-5-6-8(2)9(10)3/h5-8H,3-4H2,1-2H3,(H,12,13). The van der Waals surface area contributed by atoms with Gasteiger partial charge in [0.15, 0.2) is 0 Å². The Hall–Kier alpha value is -1.31. The minimum absolute atomic E-state index is 0.0244. The summed E-state index contributed by atoms with van der Waals surface area (Å²) < 4.78 is 0. The molecular weight excluding hydrogens is 162 g/mol. The van der Waals surface area contributed by atoms with Crippen LogP contribution in [-0.4, -0.2) is 12.5 Å². The summed E-state index contributed by atoms with van der Waals surface area (Å²) in [4.78, 5) is 11.5. The quantitative estimate of drug-likeness (QED) is 0.684. The van der Waals surface area contributed by atoms with E-state index in [1.807, 2.05) is 32.1 Å². The van der Waals surface area contributed by atoms with Gasteiger partial charge in [0.05, 0.1) is 0 Å².